The van der Waals surface area contributed by atoms with Gasteiger partial charge in [-0.3, -0.25) is 24.4 Å². The van der Waals surface area contributed by atoms with E-state index in [1.54, 1.807) is 24.3 Å². The molecule has 2 aliphatic heterocycles. The van der Waals surface area contributed by atoms with Gasteiger partial charge < -0.3 is 20.9 Å². The summed E-state index contributed by atoms with van der Waals surface area (Å²) in [6.45, 7) is 9.71. The van der Waals surface area contributed by atoms with Crippen LogP contribution in [0.25, 0.3) is 11.3 Å². The largest absolute Gasteiger partial charge is 0.382 e. The lowest BCUT2D eigenvalue weighted by atomic mass is 10.1. The van der Waals surface area contributed by atoms with Gasteiger partial charge in [-0.05, 0) is 31.3 Å². The number of amides is 2. The number of benzene rings is 1. The van der Waals surface area contributed by atoms with Gasteiger partial charge >= 0.3 is 0 Å². The monoisotopic (exact) mass is 650 g/mol. The number of nitrogens with one attached hydrogen (secondary N) is 1. The Kier molecular flexibility index (Phi) is 12.1. The molecular weight excluding hydrogens is 612 g/mol. The van der Waals surface area contributed by atoms with Crippen molar-refractivity contribution in [2.75, 3.05) is 77.0 Å². The van der Waals surface area contributed by atoms with Crippen LogP contribution in [0.2, 0.25) is 0 Å². The molecule has 12 nitrogen and oxygen atoms in total. The first kappa shape index (κ1) is 34.1. The smallest absolute Gasteiger partial charge is 0.236 e. The number of pyridine rings is 1. The van der Waals surface area contributed by atoms with Gasteiger partial charge in [-0.15, -0.1) is 12.4 Å². The number of carbonyl (C=O) groups is 2. The van der Waals surface area contributed by atoms with E-state index in [-0.39, 0.29) is 35.6 Å². The van der Waals surface area contributed by atoms with E-state index in [4.69, 9.17) is 10.7 Å². The standard InChI is InChI=1S/C31H38N10O2S.ClH/c1-22(42)34-24-8-6-23(7-9-24)29-27(18-32)30(33)37-31(36-29)44-21-26-5-3-4-25(35-26)19-39-14-16-41(17-15-39)28(43)20-40-12-10-38(2)11-13-40;/h3-9H,10-17,19-21H2,1-2H3,(H,34,42)(H2,33,36,37);1H. The van der Waals surface area contributed by atoms with Gasteiger partial charge in [0.05, 0.1) is 23.6 Å². The third-order valence-electron chi connectivity index (χ3n) is 7.79. The first-order valence-corrected chi connectivity index (χ1v) is 15.7. The quantitative estimate of drug-likeness (QED) is 0.260. The van der Waals surface area contributed by atoms with Gasteiger partial charge in [0.15, 0.2) is 5.16 Å². The number of nitrogens with two attached hydrogens (primary N) is 1. The Morgan fingerprint density at radius 3 is 2.27 bits per heavy atom. The van der Waals surface area contributed by atoms with Crippen molar-refractivity contribution in [3.05, 3.63) is 59.4 Å². The van der Waals surface area contributed by atoms with Crippen molar-refractivity contribution in [3.8, 4) is 17.3 Å². The lowest BCUT2D eigenvalue weighted by Crippen LogP contribution is -2.53. The molecule has 45 heavy (non-hydrogen) atoms. The third kappa shape index (κ3) is 9.35. The zero-order valence-electron chi connectivity index (χ0n) is 25.6. The van der Waals surface area contributed by atoms with E-state index in [1.165, 1.54) is 18.7 Å². The molecule has 3 aromatic rings. The minimum atomic E-state index is -0.163. The number of likely N-dealkylation sites (N-methyl/N-ethyl adjacent to an activating group) is 1. The average Bonchev–Trinajstić information content (AvgIpc) is 3.01. The van der Waals surface area contributed by atoms with E-state index in [0.29, 0.717) is 34.4 Å². The number of piperazine rings is 2. The number of aromatic nitrogens is 3. The molecule has 0 bridgehead atoms. The summed E-state index contributed by atoms with van der Waals surface area (Å²) in [6, 6.07) is 15.2. The number of anilines is 2. The second kappa shape index (κ2) is 16.0. The van der Waals surface area contributed by atoms with Crippen molar-refractivity contribution in [2.24, 2.45) is 0 Å². The molecular formula is C31H39ClN10O2S. The third-order valence-corrected chi connectivity index (χ3v) is 8.67. The number of halogens is 1. The normalized spacial score (nSPS) is 16.1. The molecule has 2 saturated heterocycles. The lowest BCUT2D eigenvalue weighted by Gasteiger charge is -2.37. The topological polar surface area (TPSA) is 148 Å². The summed E-state index contributed by atoms with van der Waals surface area (Å²) in [4.78, 5) is 46.9. The minimum Gasteiger partial charge on any atom is -0.382 e. The highest BCUT2D eigenvalue weighted by molar-refractivity contribution is 7.98. The average molecular weight is 651 g/mol. The molecule has 2 fully saturated rings. The molecule has 3 N–H and O–H groups in total. The second-order valence-electron chi connectivity index (χ2n) is 11.1. The van der Waals surface area contributed by atoms with Gasteiger partial charge in [-0.2, -0.15) is 5.26 Å². The molecule has 0 saturated carbocycles. The van der Waals surface area contributed by atoms with E-state index >= 15 is 0 Å². The lowest BCUT2D eigenvalue weighted by molar-refractivity contribution is -0.134. The van der Waals surface area contributed by atoms with Crippen LogP contribution in [0, 0.1) is 11.3 Å². The van der Waals surface area contributed by atoms with E-state index in [9.17, 15) is 14.9 Å². The van der Waals surface area contributed by atoms with Crippen molar-refractivity contribution in [1.82, 2.24) is 34.6 Å². The number of rotatable bonds is 9. The zero-order valence-corrected chi connectivity index (χ0v) is 27.2. The summed E-state index contributed by atoms with van der Waals surface area (Å²) in [7, 11) is 2.12. The number of nitrogen functional groups attached to an aromatic ring is 1. The summed E-state index contributed by atoms with van der Waals surface area (Å²) in [5.41, 5.74) is 10.0. The van der Waals surface area contributed by atoms with Gasteiger partial charge in [0, 0.05) is 82.8 Å². The first-order chi connectivity index (χ1) is 21.3. The summed E-state index contributed by atoms with van der Waals surface area (Å²) in [5, 5.41) is 12.9. The number of hydrogen-bond donors (Lipinski definition) is 2. The predicted octanol–water partition coefficient (Wildman–Crippen LogP) is 2.56. The van der Waals surface area contributed by atoms with Crippen molar-refractivity contribution >= 4 is 47.5 Å². The maximum atomic E-state index is 12.8. The number of hydrogen-bond acceptors (Lipinski definition) is 11. The van der Waals surface area contributed by atoms with Crippen LogP contribution in [0.4, 0.5) is 11.5 Å². The Labute approximate surface area is 274 Å². The van der Waals surface area contributed by atoms with Gasteiger partial charge in [0.2, 0.25) is 11.8 Å². The summed E-state index contributed by atoms with van der Waals surface area (Å²) in [6.07, 6.45) is 0. The number of nitrogens with zero attached hydrogens (tertiary/aromatic N) is 8. The van der Waals surface area contributed by atoms with Crippen LogP contribution < -0.4 is 11.1 Å². The van der Waals surface area contributed by atoms with Gasteiger partial charge in [-0.25, -0.2) is 9.97 Å². The first-order valence-electron chi connectivity index (χ1n) is 14.7. The predicted molar refractivity (Wildman–Crippen MR) is 178 cm³/mol. The molecule has 0 radical (unpaired) electrons. The Bertz CT molecular complexity index is 1520. The SMILES string of the molecule is CC(=O)Nc1ccc(-c2nc(SCc3cccc(CN4CCN(C(=O)CN5CCN(C)CC5)CC4)n3)nc(N)c2C#N)cc1.Cl. The molecule has 14 heteroatoms. The fourth-order valence-electron chi connectivity index (χ4n) is 5.27. The number of nitriles is 1. The van der Waals surface area contributed by atoms with Crippen LogP contribution in [0.5, 0.6) is 0 Å². The highest BCUT2D eigenvalue weighted by Crippen LogP contribution is 2.29. The second-order valence-corrected chi connectivity index (χ2v) is 12.1. The summed E-state index contributed by atoms with van der Waals surface area (Å²) < 4.78 is 0. The van der Waals surface area contributed by atoms with Crippen LogP contribution in [0.1, 0.15) is 23.9 Å². The fourth-order valence-corrected chi connectivity index (χ4v) is 6.03. The van der Waals surface area contributed by atoms with Crippen molar-refractivity contribution < 1.29 is 9.59 Å². The van der Waals surface area contributed by atoms with E-state index < -0.39 is 0 Å². The highest BCUT2D eigenvalue weighted by Gasteiger charge is 2.24. The molecule has 2 aliphatic rings. The maximum Gasteiger partial charge on any atom is 0.236 e. The molecule has 2 amide bonds. The molecule has 0 unspecified atom stereocenters. The van der Waals surface area contributed by atoms with E-state index in [1.807, 2.05) is 23.1 Å². The van der Waals surface area contributed by atoms with Crippen molar-refractivity contribution in [1.29, 1.82) is 5.26 Å². The number of thioether (sulfide) groups is 1. The summed E-state index contributed by atoms with van der Waals surface area (Å²) in [5.74, 6) is 0.717. The maximum absolute atomic E-state index is 12.8. The molecule has 0 spiro atoms. The molecule has 4 heterocycles. The molecule has 0 atom stereocenters. The van der Waals surface area contributed by atoms with Crippen LogP contribution in [-0.2, 0) is 21.9 Å². The molecule has 1 aromatic carbocycles. The molecule has 0 aliphatic carbocycles. The molecule has 5 rings (SSSR count). The minimum absolute atomic E-state index is 0. The van der Waals surface area contributed by atoms with Crippen molar-refractivity contribution in [3.63, 3.8) is 0 Å². The van der Waals surface area contributed by atoms with E-state index in [2.05, 4.69) is 43.1 Å². The molecule has 2 aromatic heterocycles. The van der Waals surface area contributed by atoms with Gasteiger partial charge in [0.25, 0.3) is 0 Å². The molecule has 238 valence electrons. The van der Waals surface area contributed by atoms with Crippen LogP contribution >= 0.6 is 24.2 Å². The zero-order chi connectivity index (χ0) is 31.1. The van der Waals surface area contributed by atoms with Crippen LogP contribution in [0.15, 0.2) is 47.6 Å². The van der Waals surface area contributed by atoms with Crippen LogP contribution in [-0.4, -0.2) is 112 Å². The van der Waals surface area contributed by atoms with Crippen LogP contribution in [0.3, 0.4) is 0 Å². The Hall–Kier alpha value is -3.80. The Morgan fingerprint density at radius 1 is 0.933 bits per heavy atom. The summed E-state index contributed by atoms with van der Waals surface area (Å²) >= 11 is 1.40. The number of carbonyl (C=O) groups excluding carboxylic acids is 2. The van der Waals surface area contributed by atoms with E-state index in [0.717, 1.165) is 70.3 Å². The highest BCUT2D eigenvalue weighted by atomic mass is 35.5. The van der Waals surface area contributed by atoms with Crippen molar-refractivity contribution in [2.45, 2.75) is 24.4 Å². The Balaban J connectivity index is 0.00000461. The van der Waals surface area contributed by atoms with Gasteiger partial charge in [0.1, 0.15) is 17.5 Å². The van der Waals surface area contributed by atoms with Gasteiger partial charge in [-0.1, -0.05) is 30.0 Å². The fraction of sp³-hybridized carbons (Fsp3) is 0.419. The Morgan fingerprint density at radius 2 is 1.60 bits per heavy atom.